The van der Waals surface area contributed by atoms with E-state index < -0.39 is 0 Å². The van der Waals surface area contributed by atoms with Crippen molar-refractivity contribution in [3.05, 3.63) is 22.7 Å². The Morgan fingerprint density at radius 3 is 2.68 bits per heavy atom. The van der Waals surface area contributed by atoms with Crippen molar-refractivity contribution >= 4 is 5.82 Å². The summed E-state index contributed by atoms with van der Waals surface area (Å²) in [7, 11) is 0. The van der Waals surface area contributed by atoms with Gasteiger partial charge in [-0.15, -0.1) is 0 Å². The van der Waals surface area contributed by atoms with E-state index in [9.17, 15) is 4.79 Å². The fraction of sp³-hybridized carbons (Fsp3) is 0.714. The van der Waals surface area contributed by atoms with Crippen LogP contribution >= 0.6 is 0 Å². The predicted molar refractivity (Wildman–Crippen MR) is 77.7 cm³/mol. The quantitative estimate of drug-likeness (QED) is 0.735. The molecule has 0 aliphatic rings. The SMILES string of the molecule is CC(C)OCCCCNc1nccn(C(C)C)c1=O. The zero-order valence-electron chi connectivity index (χ0n) is 12.3. The Hall–Kier alpha value is -1.36. The smallest absolute Gasteiger partial charge is 0.293 e. The molecule has 1 rings (SSSR count). The molecular formula is C14H25N3O2. The maximum Gasteiger partial charge on any atom is 0.293 e. The van der Waals surface area contributed by atoms with Crippen molar-refractivity contribution in [2.24, 2.45) is 0 Å². The summed E-state index contributed by atoms with van der Waals surface area (Å²) in [5, 5.41) is 3.10. The first kappa shape index (κ1) is 15.7. The second-order valence-corrected chi connectivity index (χ2v) is 5.14. The molecule has 108 valence electrons. The van der Waals surface area contributed by atoms with Gasteiger partial charge in [0.15, 0.2) is 5.82 Å². The number of nitrogens with one attached hydrogen (secondary N) is 1. The van der Waals surface area contributed by atoms with Crippen LogP contribution < -0.4 is 10.9 Å². The van der Waals surface area contributed by atoms with Gasteiger partial charge >= 0.3 is 0 Å². The Balaban J connectivity index is 2.38. The van der Waals surface area contributed by atoms with E-state index in [1.807, 2.05) is 27.7 Å². The van der Waals surface area contributed by atoms with Crippen molar-refractivity contribution in [2.75, 3.05) is 18.5 Å². The van der Waals surface area contributed by atoms with E-state index in [0.29, 0.717) is 5.82 Å². The lowest BCUT2D eigenvalue weighted by Gasteiger charge is -2.11. The van der Waals surface area contributed by atoms with Crippen molar-refractivity contribution in [1.29, 1.82) is 0 Å². The van der Waals surface area contributed by atoms with Crippen molar-refractivity contribution < 1.29 is 4.74 Å². The number of nitrogens with zero attached hydrogens (tertiary/aromatic N) is 2. The zero-order valence-corrected chi connectivity index (χ0v) is 12.3. The Morgan fingerprint density at radius 1 is 1.32 bits per heavy atom. The Morgan fingerprint density at radius 2 is 2.05 bits per heavy atom. The molecule has 0 amide bonds. The van der Waals surface area contributed by atoms with Gasteiger partial charge in [0.05, 0.1) is 6.10 Å². The highest BCUT2D eigenvalue weighted by atomic mass is 16.5. The molecule has 0 radical (unpaired) electrons. The van der Waals surface area contributed by atoms with Crippen molar-refractivity contribution in [3.8, 4) is 0 Å². The highest BCUT2D eigenvalue weighted by Crippen LogP contribution is 2.02. The first-order valence-corrected chi connectivity index (χ1v) is 6.95. The van der Waals surface area contributed by atoms with E-state index in [2.05, 4.69) is 10.3 Å². The summed E-state index contributed by atoms with van der Waals surface area (Å²) < 4.78 is 7.14. The van der Waals surface area contributed by atoms with Crippen LogP contribution in [0.5, 0.6) is 0 Å². The van der Waals surface area contributed by atoms with E-state index in [1.165, 1.54) is 0 Å². The van der Waals surface area contributed by atoms with Gasteiger partial charge in [-0.1, -0.05) is 0 Å². The lowest BCUT2D eigenvalue weighted by atomic mass is 10.3. The number of unbranched alkanes of at least 4 members (excludes halogenated alkanes) is 1. The molecule has 19 heavy (non-hydrogen) atoms. The number of ether oxygens (including phenoxy) is 1. The van der Waals surface area contributed by atoms with Crippen LogP contribution in [-0.4, -0.2) is 28.8 Å². The fourth-order valence-electron chi connectivity index (χ4n) is 1.71. The lowest BCUT2D eigenvalue weighted by molar-refractivity contribution is 0.0765. The van der Waals surface area contributed by atoms with Crippen LogP contribution in [0.4, 0.5) is 5.82 Å². The maximum absolute atomic E-state index is 12.0. The average molecular weight is 267 g/mol. The summed E-state index contributed by atoms with van der Waals surface area (Å²) in [5.41, 5.74) is -0.0593. The van der Waals surface area contributed by atoms with Crippen LogP contribution in [-0.2, 0) is 4.74 Å². The number of hydrogen-bond donors (Lipinski definition) is 1. The van der Waals surface area contributed by atoms with Crippen LogP contribution in [0, 0.1) is 0 Å². The minimum atomic E-state index is -0.0593. The predicted octanol–water partition coefficient (Wildman–Crippen LogP) is 2.44. The maximum atomic E-state index is 12.0. The van der Waals surface area contributed by atoms with Gasteiger partial charge < -0.3 is 14.6 Å². The van der Waals surface area contributed by atoms with Gasteiger partial charge in [-0.25, -0.2) is 4.98 Å². The van der Waals surface area contributed by atoms with Gasteiger partial charge in [0.1, 0.15) is 0 Å². The molecule has 0 spiro atoms. The number of rotatable bonds is 8. The molecule has 5 nitrogen and oxygen atoms in total. The second-order valence-electron chi connectivity index (χ2n) is 5.14. The molecule has 0 aromatic carbocycles. The van der Waals surface area contributed by atoms with E-state index >= 15 is 0 Å². The summed E-state index contributed by atoms with van der Waals surface area (Å²) in [6, 6.07) is 0.149. The third-order valence-electron chi connectivity index (χ3n) is 2.74. The summed E-state index contributed by atoms with van der Waals surface area (Å²) in [6.07, 6.45) is 5.60. The van der Waals surface area contributed by atoms with Crippen molar-refractivity contribution in [2.45, 2.75) is 52.7 Å². The average Bonchev–Trinajstić information content (AvgIpc) is 2.34. The molecule has 0 saturated heterocycles. The van der Waals surface area contributed by atoms with Crippen LogP contribution in [0.2, 0.25) is 0 Å². The molecule has 0 saturated carbocycles. The molecule has 0 fully saturated rings. The van der Waals surface area contributed by atoms with Crippen LogP contribution in [0.1, 0.15) is 46.6 Å². The first-order valence-electron chi connectivity index (χ1n) is 6.95. The minimum Gasteiger partial charge on any atom is -0.379 e. The van der Waals surface area contributed by atoms with Gasteiger partial charge in [0.2, 0.25) is 0 Å². The Bertz CT molecular complexity index is 427. The summed E-state index contributed by atoms with van der Waals surface area (Å²) >= 11 is 0. The molecule has 0 bridgehead atoms. The van der Waals surface area contributed by atoms with E-state index in [0.717, 1.165) is 26.0 Å². The van der Waals surface area contributed by atoms with E-state index in [1.54, 1.807) is 17.0 Å². The third kappa shape index (κ3) is 5.42. The molecule has 1 heterocycles. The van der Waals surface area contributed by atoms with Gasteiger partial charge in [0.25, 0.3) is 5.56 Å². The fourth-order valence-corrected chi connectivity index (χ4v) is 1.71. The highest BCUT2D eigenvalue weighted by molar-refractivity contribution is 5.30. The Kier molecular flexibility index (Phi) is 6.56. The topological polar surface area (TPSA) is 56.1 Å². The van der Waals surface area contributed by atoms with Gasteiger partial charge in [0, 0.05) is 31.6 Å². The summed E-state index contributed by atoms with van der Waals surface area (Å²) in [6.45, 7) is 9.52. The third-order valence-corrected chi connectivity index (χ3v) is 2.74. The summed E-state index contributed by atoms with van der Waals surface area (Å²) in [5.74, 6) is 0.431. The number of hydrogen-bond acceptors (Lipinski definition) is 4. The molecule has 0 atom stereocenters. The standard InChI is InChI=1S/C14H25N3O2/c1-11(2)17-9-8-16-13(14(17)18)15-7-5-6-10-19-12(3)4/h8-9,11-12H,5-7,10H2,1-4H3,(H,15,16). The number of anilines is 1. The molecule has 1 aromatic rings. The van der Waals surface area contributed by atoms with E-state index in [4.69, 9.17) is 4.74 Å². The van der Waals surface area contributed by atoms with Crippen molar-refractivity contribution in [1.82, 2.24) is 9.55 Å². The minimum absolute atomic E-state index is 0.0593. The molecular weight excluding hydrogens is 242 g/mol. The van der Waals surface area contributed by atoms with Gasteiger partial charge in [-0.3, -0.25) is 4.79 Å². The molecule has 1 aromatic heterocycles. The molecule has 5 heteroatoms. The van der Waals surface area contributed by atoms with Gasteiger partial charge in [-0.05, 0) is 40.5 Å². The number of aromatic nitrogens is 2. The van der Waals surface area contributed by atoms with Crippen LogP contribution in [0.25, 0.3) is 0 Å². The lowest BCUT2D eigenvalue weighted by Crippen LogP contribution is -2.26. The zero-order chi connectivity index (χ0) is 14.3. The molecule has 0 unspecified atom stereocenters. The second kappa shape index (κ2) is 7.94. The largest absolute Gasteiger partial charge is 0.379 e. The Labute approximate surface area is 115 Å². The van der Waals surface area contributed by atoms with E-state index in [-0.39, 0.29) is 17.7 Å². The molecule has 1 N–H and O–H groups in total. The highest BCUT2D eigenvalue weighted by Gasteiger charge is 2.06. The first-order chi connectivity index (χ1) is 9.02. The summed E-state index contributed by atoms with van der Waals surface area (Å²) in [4.78, 5) is 16.1. The molecule has 0 aliphatic carbocycles. The monoisotopic (exact) mass is 267 g/mol. The van der Waals surface area contributed by atoms with Crippen LogP contribution in [0.3, 0.4) is 0 Å². The van der Waals surface area contributed by atoms with Gasteiger partial charge in [-0.2, -0.15) is 0 Å². The normalized spacial score (nSPS) is 11.3. The molecule has 0 aliphatic heterocycles. The van der Waals surface area contributed by atoms with Crippen LogP contribution in [0.15, 0.2) is 17.2 Å². The van der Waals surface area contributed by atoms with Crippen molar-refractivity contribution in [3.63, 3.8) is 0 Å².